The van der Waals surface area contributed by atoms with Gasteiger partial charge in [-0.1, -0.05) is 35.9 Å². The van der Waals surface area contributed by atoms with Crippen molar-refractivity contribution in [1.82, 2.24) is 9.62 Å². The predicted molar refractivity (Wildman–Crippen MR) is 103 cm³/mol. The fourth-order valence-corrected chi connectivity index (χ4v) is 3.88. The molecule has 1 N–H and O–H groups in total. The van der Waals surface area contributed by atoms with Crippen LogP contribution >= 0.6 is 0 Å². The number of aryl methyl sites for hydroxylation is 1. The van der Waals surface area contributed by atoms with Gasteiger partial charge < -0.3 is 5.32 Å². The van der Waals surface area contributed by atoms with Gasteiger partial charge in [-0.2, -0.15) is 4.31 Å². The first-order valence-electron chi connectivity index (χ1n) is 8.43. The highest BCUT2D eigenvalue weighted by atomic mass is 32.2. The van der Waals surface area contributed by atoms with E-state index >= 15 is 0 Å². The molecule has 0 fully saturated rings. The molecule has 0 unspecified atom stereocenters. The Bertz CT molecular complexity index is 857. The first-order valence-corrected chi connectivity index (χ1v) is 9.87. The van der Waals surface area contributed by atoms with E-state index in [1.54, 1.807) is 54.6 Å². The van der Waals surface area contributed by atoms with Gasteiger partial charge in [-0.25, -0.2) is 8.42 Å². The molecule has 0 heterocycles. The minimum absolute atomic E-state index is 0.144. The quantitative estimate of drug-likeness (QED) is 0.724. The minimum Gasteiger partial charge on any atom is -0.352 e. The summed E-state index contributed by atoms with van der Waals surface area (Å²) in [5, 5.41) is 2.73. The lowest BCUT2D eigenvalue weighted by molar-refractivity contribution is 0.0956. The van der Waals surface area contributed by atoms with Crippen LogP contribution in [0.25, 0.3) is 0 Å². The second-order valence-corrected chi connectivity index (χ2v) is 7.89. The molecule has 2 rings (SSSR count). The Morgan fingerprint density at radius 1 is 1.12 bits per heavy atom. The molecule has 5 nitrogen and oxygen atoms in total. The van der Waals surface area contributed by atoms with Gasteiger partial charge in [-0.05, 0) is 43.7 Å². The summed E-state index contributed by atoms with van der Waals surface area (Å²) in [5.74, 6) is -0.144. The maximum Gasteiger partial charge on any atom is 0.251 e. The third-order valence-corrected chi connectivity index (χ3v) is 5.73. The zero-order valence-corrected chi connectivity index (χ0v) is 15.9. The van der Waals surface area contributed by atoms with Gasteiger partial charge in [-0.15, -0.1) is 6.58 Å². The average Bonchev–Trinajstić information content (AvgIpc) is 2.62. The molecule has 0 bridgehead atoms. The third kappa shape index (κ3) is 4.80. The zero-order chi connectivity index (χ0) is 19.2. The maximum absolute atomic E-state index is 12.9. The SMILES string of the molecule is C=CCN(Cc1ccc(C(=O)NCC)cc1)S(=O)(=O)c1ccc(C)cc1. The van der Waals surface area contributed by atoms with E-state index in [2.05, 4.69) is 11.9 Å². The first kappa shape index (κ1) is 19.9. The van der Waals surface area contributed by atoms with E-state index in [4.69, 9.17) is 0 Å². The second-order valence-electron chi connectivity index (χ2n) is 5.96. The summed E-state index contributed by atoms with van der Waals surface area (Å²) in [4.78, 5) is 12.1. The molecule has 0 saturated heterocycles. The molecule has 2 aromatic carbocycles. The second kappa shape index (κ2) is 8.78. The molecular formula is C20H24N2O3S. The molecule has 0 aliphatic carbocycles. The molecule has 138 valence electrons. The van der Waals surface area contributed by atoms with Crippen molar-refractivity contribution >= 4 is 15.9 Å². The van der Waals surface area contributed by atoms with E-state index in [0.717, 1.165) is 11.1 Å². The summed E-state index contributed by atoms with van der Waals surface area (Å²) < 4.78 is 27.2. The minimum atomic E-state index is -3.63. The van der Waals surface area contributed by atoms with Gasteiger partial charge in [-0.3, -0.25) is 4.79 Å². The maximum atomic E-state index is 12.9. The number of sulfonamides is 1. The van der Waals surface area contributed by atoms with Crippen molar-refractivity contribution in [2.45, 2.75) is 25.3 Å². The van der Waals surface area contributed by atoms with Crippen LogP contribution in [0.15, 0.2) is 66.1 Å². The first-order chi connectivity index (χ1) is 12.4. The smallest absolute Gasteiger partial charge is 0.251 e. The van der Waals surface area contributed by atoms with Crippen molar-refractivity contribution < 1.29 is 13.2 Å². The lowest BCUT2D eigenvalue weighted by Crippen LogP contribution is -2.31. The molecule has 0 aliphatic rings. The van der Waals surface area contributed by atoms with Crippen LogP contribution in [-0.2, 0) is 16.6 Å². The summed E-state index contributed by atoms with van der Waals surface area (Å²) >= 11 is 0. The van der Waals surface area contributed by atoms with Crippen LogP contribution in [0.3, 0.4) is 0 Å². The standard InChI is InChI=1S/C20H24N2O3S/c1-4-14-22(26(24,25)19-12-6-16(3)7-13-19)15-17-8-10-18(11-9-17)20(23)21-5-2/h4,6-13H,1,5,14-15H2,2-3H3,(H,21,23). The van der Waals surface area contributed by atoms with Crippen LogP contribution in [0.1, 0.15) is 28.4 Å². The predicted octanol–water partition coefficient (Wildman–Crippen LogP) is 3.12. The Balaban J connectivity index is 2.23. The number of rotatable bonds is 8. The van der Waals surface area contributed by atoms with Gasteiger partial charge in [0.05, 0.1) is 4.90 Å². The van der Waals surface area contributed by atoms with Crippen molar-refractivity contribution in [3.8, 4) is 0 Å². The fraction of sp³-hybridized carbons (Fsp3) is 0.250. The van der Waals surface area contributed by atoms with Gasteiger partial charge in [0, 0.05) is 25.2 Å². The largest absolute Gasteiger partial charge is 0.352 e. The van der Waals surface area contributed by atoms with Crippen molar-refractivity contribution in [2.24, 2.45) is 0 Å². The van der Waals surface area contributed by atoms with Crippen molar-refractivity contribution in [2.75, 3.05) is 13.1 Å². The number of carbonyl (C=O) groups is 1. The number of nitrogens with zero attached hydrogens (tertiary/aromatic N) is 1. The lowest BCUT2D eigenvalue weighted by atomic mass is 10.1. The summed E-state index contributed by atoms with van der Waals surface area (Å²) in [6, 6.07) is 13.7. The molecule has 0 atom stereocenters. The number of nitrogens with one attached hydrogen (secondary N) is 1. The molecule has 0 aromatic heterocycles. The summed E-state index contributed by atoms with van der Waals surface area (Å²) in [5.41, 5.74) is 2.35. The van der Waals surface area contributed by atoms with Gasteiger partial charge in [0.1, 0.15) is 0 Å². The highest BCUT2D eigenvalue weighted by Gasteiger charge is 2.23. The van der Waals surface area contributed by atoms with Crippen LogP contribution in [0.2, 0.25) is 0 Å². The lowest BCUT2D eigenvalue weighted by Gasteiger charge is -2.21. The van der Waals surface area contributed by atoms with E-state index in [9.17, 15) is 13.2 Å². The molecule has 1 amide bonds. The highest BCUT2D eigenvalue weighted by Crippen LogP contribution is 2.19. The Morgan fingerprint density at radius 2 is 1.73 bits per heavy atom. The molecular weight excluding hydrogens is 348 g/mol. The van der Waals surface area contributed by atoms with Crippen LogP contribution in [0.5, 0.6) is 0 Å². The normalized spacial score (nSPS) is 11.3. The van der Waals surface area contributed by atoms with E-state index in [1.807, 2.05) is 13.8 Å². The molecule has 26 heavy (non-hydrogen) atoms. The number of amides is 1. The van der Waals surface area contributed by atoms with E-state index < -0.39 is 10.0 Å². The zero-order valence-electron chi connectivity index (χ0n) is 15.1. The van der Waals surface area contributed by atoms with Crippen LogP contribution in [-0.4, -0.2) is 31.7 Å². The van der Waals surface area contributed by atoms with Crippen LogP contribution in [0.4, 0.5) is 0 Å². The van der Waals surface area contributed by atoms with Gasteiger partial charge in [0.2, 0.25) is 10.0 Å². The number of hydrogen-bond acceptors (Lipinski definition) is 3. The Morgan fingerprint density at radius 3 is 2.27 bits per heavy atom. The van der Waals surface area contributed by atoms with E-state index in [1.165, 1.54) is 4.31 Å². The van der Waals surface area contributed by atoms with Crippen LogP contribution < -0.4 is 5.32 Å². The van der Waals surface area contributed by atoms with Crippen molar-refractivity contribution in [3.63, 3.8) is 0 Å². The highest BCUT2D eigenvalue weighted by molar-refractivity contribution is 7.89. The average molecular weight is 372 g/mol. The molecule has 2 aromatic rings. The summed E-state index contributed by atoms with van der Waals surface area (Å²) in [6.07, 6.45) is 1.56. The van der Waals surface area contributed by atoms with Crippen LogP contribution in [0, 0.1) is 6.92 Å². The van der Waals surface area contributed by atoms with Crippen molar-refractivity contribution in [1.29, 1.82) is 0 Å². The molecule has 0 aliphatic heterocycles. The van der Waals surface area contributed by atoms with Crippen molar-refractivity contribution in [3.05, 3.63) is 77.9 Å². The summed E-state index contributed by atoms with van der Waals surface area (Å²) in [7, 11) is -3.63. The van der Waals surface area contributed by atoms with E-state index in [0.29, 0.717) is 12.1 Å². The topological polar surface area (TPSA) is 66.5 Å². The Labute approximate surface area is 155 Å². The van der Waals surface area contributed by atoms with Gasteiger partial charge in [0.25, 0.3) is 5.91 Å². The van der Waals surface area contributed by atoms with E-state index in [-0.39, 0.29) is 23.9 Å². The molecule has 0 radical (unpaired) electrons. The summed E-state index contributed by atoms with van der Waals surface area (Å²) in [6.45, 7) is 8.40. The Hall–Kier alpha value is -2.44. The fourth-order valence-electron chi connectivity index (χ4n) is 2.48. The molecule has 0 spiro atoms. The number of carbonyl (C=O) groups excluding carboxylic acids is 1. The van der Waals surface area contributed by atoms with Gasteiger partial charge >= 0.3 is 0 Å². The number of benzene rings is 2. The van der Waals surface area contributed by atoms with Gasteiger partial charge in [0.15, 0.2) is 0 Å². The molecule has 6 heteroatoms. The Kier molecular flexibility index (Phi) is 6.71. The third-order valence-electron chi connectivity index (χ3n) is 3.90. The number of hydrogen-bond donors (Lipinski definition) is 1. The molecule has 0 saturated carbocycles. The monoisotopic (exact) mass is 372 g/mol.